The maximum Gasteiger partial charge on any atom is 0.410 e. The van der Waals surface area contributed by atoms with E-state index in [1.807, 2.05) is 58.0 Å². The van der Waals surface area contributed by atoms with Gasteiger partial charge in [-0.3, -0.25) is 57.7 Å². The number of hydrogen-bond acceptors (Lipinski definition) is 16. The molecule has 0 saturated carbocycles. The zero-order valence-electron chi connectivity index (χ0n) is 54.7. The second-order valence-corrected chi connectivity index (χ2v) is 25.5. The molecule has 3 heterocycles. The molecule has 2 aliphatic rings. The third-order valence-electron chi connectivity index (χ3n) is 16.6. The van der Waals surface area contributed by atoms with Gasteiger partial charge in [0.1, 0.15) is 41.5 Å². The number of carboxylic acids is 1. The van der Waals surface area contributed by atoms with Crippen LogP contribution in [0.5, 0.6) is 0 Å². The van der Waals surface area contributed by atoms with Gasteiger partial charge in [0.2, 0.25) is 29.5 Å². The lowest BCUT2D eigenvalue weighted by Crippen LogP contribution is -2.59. The van der Waals surface area contributed by atoms with Gasteiger partial charge < -0.3 is 57.1 Å². The van der Waals surface area contributed by atoms with E-state index in [9.17, 15) is 62.6 Å². The van der Waals surface area contributed by atoms with Crippen LogP contribution in [0.3, 0.4) is 0 Å². The smallest absolute Gasteiger partial charge is 0.410 e. The lowest BCUT2D eigenvalue weighted by molar-refractivity contribution is -0.149. The van der Waals surface area contributed by atoms with Gasteiger partial charge in [-0.25, -0.2) is 14.6 Å². The first-order valence-electron chi connectivity index (χ1n) is 31.9. The lowest BCUT2D eigenvalue weighted by atomic mass is 9.92. The number of piperidine rings is 1. The molecular formula is C66H93N11O15S. The van der Waals surface area contributed by atoms with E-state index in [1.165, 1.54) is 34.3 Å². The Balaban J connectivity index is 1.19. The summed E-state index contributed by atoms with van der Waals surface area (Å²) in [5.41, 5.74) is 7.08. The number of nitrogens with two attached hydrogens (primary N) is 1. The molecule has 5 rings (SSSR count). The summed E-state index contributed by atoms with van der Waals surface area (Å²) in [6, 6.07) is 9.81. The number of aliphatic carboxylic acids is 1. The summed E-state index contributed by atoms with van der Waals surface area (Å²) < 4.78 is 11.6. The number of anilines is 1. The molecular weight excluding hydrogens is 1220 g/mol. The maximum absolute atomic E-state index is 14.8. The summed E-state index contributed by atoms with van der Waals surface area (Å²) in [7, 11) is 1.62. The third-order valence-corrected chi connectivity index (χ3v) is 17.5. The number of carbonyl (C=O) groups excluding carboxylic acids is 11. The summed E-state index contributed by atoms with van der Waals surface area (Å²) in [5.74, 6) is -7.10. The lowest BCUT2D eigenvalue weighted by Gasteiger charge is -2.38. The van der Waals surface area contributed by atoms with E-state index in [2.05, 4.69) is 36.9 Å². The number of carboxylic acid groups (broad SMARTS) is 1. The SMILES string of the molecule is CC[C@H](C)[C@H](NC(=O)[C@H]1CCCCN1C(=O)OCc1ccc(NC(=O)C(CCCNC(N)=O)NC(=O)[C@@H](NC(=O)CCCCCN2C(=O)C=CC2=O)C(C)C)cc1)C(=O)N(C)[C@H](C[C@@H](OC(C)=O)c1nc(C(=O)N[C@@H](Cc2ccccc2)C[C@H](C)C(=O)O)cs1)C(C)C. The second-order valence-electron chi connectivity index (χ2n) is 24.6. The van der Waals surface area contributed by atoms with Gasteiger partial charge in [-0.2, -0.15) is 0 Å². The molecule has 26 nitrogen and oxygen atoms in total. The van der Waals surface area contributed by atoms with Crippen LogP contribution >= 0.6 is 11.3 Å². The number of carbonyl (C=O) groups is 12. The molecule has 2 aromatic carbocycles. The standard InChI is InChI=1S/C66H93N11O15S/c1-10-41(6)57(63(86)75(9)51(39(2)3)36-52(92-43(8)78)62-72-49(38-93-62)59(83)70-47(34-42(7)64(87)88)35-44-20-13-11-14-21-44)74-60(84)50-23-16-18-32-76(50)66(90)91-37-45-25-27-46(28-26-45)69-58(82)48(22-19-31-68-65(67)89)71-61(85)56(40(4)5)73-53(79)24-15-12-17-33-77-54(80)29-30-55(77)81/h11,13-14,20-21,25-30,38-42,47-48,50-52,56-57H,10,12,15-19,22-24,31-37H2,1-9H3,(H,69,82)(H,70,83)(H,71,85)(H,73,79)(H,74,84)(H,87,88)(H3,67,68,89)/t41-,42-,47+,48?,50+,51+,52+,56-,57-/m0/s1. The molecule has 0 spiro atoms. The Hall–Kier alpha value is -8.75. The predicted octanol–water partition coefficient (Wildman–Crippen LogP) is 6.29. The number of primary amides is 1. The highest BCUT2D eigenvalue weighted by atomic mass is 32.1. The Morgan fingerprint density at radius 2 is 1.48 bits per heavy atom. The molecule has 11 amide bonds. The Bertz CT molecular complexity index is 3090. The van der Waals surface area contributed by atoms with Gasteiger partial charge in [-0.15, -0.1) is 11.3 Å². The highest BCUT2D eigenvalue weighted by Crippen LogP contribution is 2.32. The molecule has 1 unspecified atom stereocenters. The molecule has 0 radical (unpaired) electrons. The number of amides is 11. The molecule has 0 bridgehead atoms. The fraction of sp³-hybridized carbons (Fsp3) is 0.561. The Kier molecular flexibility index (Phi) is 29.9. The van der Waals surface area contributed by atoms with Crippen LogP contribution in [0.4, 0.5) is 15.3 Å². The van der Waals surface area contributed by atoms with Crippen molar-refractivity contribution in [2.75, 3.05) is 32.0 Å². The minimum absolute atomic E-state index is 0.0514. The van der Waals surface area contributed by atoms with Gasteiger partial charge in [-0.1, -0.05) is 104 Å². The average molecular weight is 1310 g/mol. The highest BCUT2D eigenvalue weighted by Gasteiger charge is 2.40. The molecule has 3 aromatic rings. The van der Waals surface area contributed by atoms with Crippen molar-refractivity contribution in [2.45, 2.75) is 188 Å². The van der Waals surface area contributed by atoms with Crippen LogP contribution in [-0.4, -0.2) is 159 Å². The van der Waals surface area contributed by atoms with Gasteiger partial charge in [0, 0.05) is 81.8 Å². The van der Waals surface area contributed by atoms with Crippen molar-refractivity contribution in [3.63, 3.8) is 0 Å². The van der Waals surface area contributed by atoms with E-state index in [1.54, 1.807) is 52.1 Å². The Labute approximate surface area is 547 Å². The van der Waals surface area contributed by atoms with Gasteiger partial charge >= 0.3 is 24.1 Å². The first-order chi connectivity index (χ1) is 44.2. The Morgan fingerprint density at radius 1 is 0.796 bits per heavy atom. The number of thiazole rings is 1. The first kappa shape index (κ1) is 75.0. The largest absolute Gasteiger partial charge is 0.481 e. The maximum atomic E-state index is 14.8. The number of aromatic nitrogens is 1. The number of likely N-dealkylation sites (tertiary alicyclic amines) is 1. The van der Waals surface area contributed by atoms with Gasteiger partial charge in [0.15, 0.2) is 6.10 Å². The van der Waals surface area contributed by atoms with Crippen molar-refractivity contribution in [1.29, 1.82) is 0 Å². The Morgan fingerprint density at radius 3 is 2.11 bits per heavy atom. The van der Waals surface area contributed by atoms with Crippen LogP contribution in [-0.2, 0) is 65.7 Å². The van der Waals surface area contributed by atoms with Crippen molar-refractivity contribution >= 4 is 88.3 Å². The van der Waals surface area contributed by atoms with Crippen LogP contribution in [0.1, 0.15) is 165 Å². The monoisotopic (exact) mass is 1310 g/mol. The number of benzene rings is 2. The minimum Gasteiger partial charge on any atom is -0.481 e. The van der Waals surface area contributed by atoms with E-state index >= 15 is 0 Å². The number of imide groups is 1. The number of nitrogens with zero attached hydrogens (tertiary/aromatic N) is 4. The van der Waals surface area contributed by atoms with E-state index < -0.39 is 108 Å². The van der Waals surface area contributed by atoms with Crippen molar-refractivity contribution in [1.82, 2.24) is 46.3 Å². The molecule has 508 valence electrons. The van der Waals surface area contributed by atoms with E-state index in [0.29, 0.717) is 67.6 Å². The van der Waals surface area contributed by atoms with Crippen LogP contribution in [0.15, 0.2) is 72.1 Å². The first-order valence-corrected chi connectivity index (χ1v) is 32.8. The number of unbranched alkanes of at least 4 members (excludes halogenated alkanes) is 2. The van der Waals surface area contributed by atoms with Gasteiger partial charge in [-0.05, 0) is 98.8 Å². The second kappa shape index (κ2) is 37.1. The van der Waals surface area contributed by atoms with E-state index in [0.717, 1.165) is 21.8 Å². The zero-order valence-corrected chi connectivity index (χ0v) is 55.6. The van der Waals surface area contributed by atoms with Crippen LogP contribution in [0, 0.1) is 23.7 Å². The molecule has 2 aliphatic heterocycles. The summed E-state index contributed by atoms with van der Waals surface area (Å²) >= 11 is 1.11. The highest BCUT2D eigenvalue weighted by molar-refractivity contribution is 7.09. The van der Waals surface area contributed by atoms with Gasteiger partial charge in [0.05, 0.1) is 5.92 Å². The number of nitrogens with one attached hydrogen (secondary N) is 6. The van der Waals surface area contributed by atoms with Crippen molar-refractivity contribution < 1.29 is 72.1 Å². The number of urea groups is 1. The minimum atomic E-state index is -1.11. The third kappa shape index (κ3) is 23.7. The summed E-state index contributed by atoms with van der Waals surface area (Å²) in [6.45, 7) is 14.2. The summed E-state index contributed by atoms with van der Waals surface area (Å²) in [4.78, 5) is 165. The van der Waals surface area contributed by atoms with Crippen LogP contribution in [0.2, 0.25) is 0 Å². The summed E-state index contributed by atoms with van der Waals surface area (Å²) in [6.07, 6.45) is 5.29. The molecule has 0 aliphatic carbocycles. The van der Waals surface area contributed by atoms with Crippen LogP contribution < -0.4 is 37.6 Å². The summed E-state index contributed by atoms with van der Waals surface area (Å²) in [5, 5.41) is 28.2. The fourth-order valence-corrected chi connectivity index (χ4v) is 11.8. The van der Waals surface area contributed by atoms with Crippen LogP contribution in [0.25, 0.3) is 0 Å². The molecule has 1 saturated heterocycles. The number of esters is 1. The number of ether oxygens (including phenoxy) is 2. The number of rotatable bonds is 36. The number of hydrogen-bond donors (Lipinski definition) is 8. The fourth-order valence-electron chi connectivity index (χ4n) is 11.0. The van der Waals surface area contributed by atoms with Crippen molar-refractivity contribution in [3.05, 3.63) is 94.0 Å². The topological polar surface area (TPSA) is 364 Å². The molecule has 9 atom stereocenters. The average Bonchev–Trinajstić information content (AvgIpc) is 1.69. The molecule has 27 heteroatoms. The van der Waals surface area contributed by atoms with Crippen molar-refractivity contribution in [3.8, 4) is 0 Å². The number of likely N-dealkylation sites (N-methyl/N-ethyl adjacent to an activating group) is 1. The van der Waals surface area contributed by atoms with E-state index in [4.69, 9.17) is 15.2 Å². The van der Waals surface area contributed by atoms with E-state index in [-0.39, 0.29) is 93.6 Å². The molecule has 1 fully saturated rings. The zero-order chi connectivity index (χ0) is 68.5. The van der Waals surface area contributed by atoms with Gasteiger partial charge in [0.25, 0.3) is 17.7 Å². The molecule has 9 N–H and O–H groups in total. The normalized spacial score (nSPS) is 16.4. The van der Waals surface area contributed by atoms with Crippen molar-refractivity contribution in [2.24, 2.45) is 29.4 Å². The molecule has 1 aromatic heterocycles. The molecule has 93 heavy (non-hydrogen) atoms. The predicted molar refractivity (Wildman–Crippen MR) is 346 cm³/mol. The quantitative estimate of drug-likeness (QED) is 0.0180.